The molecule has 0 atom stereocenters. The summed E-state index contributed by atoms with van der Waals surface area (Å²) in [5.74, 6) is 0.161. The second kappa shape index (κ2) is 8.46. The van der Waals surface area contributed by atoms with Crippen molar-refractivity contribution in [3.8, 4) is 16.2 Å². The van der Waals surface area contributed by atoms with Crippen LogP contribution in [0.5, 0.6) is 5.75 Å². The molecule has 0 radical (unpaired) electrons. The number of benzene rings is 2. The highest BCUT2D eigenvalue weighted by Gasteiger charge is 2.30. The van der Waals surface area contributed by atoms with Crippen molar-refractivity contribution in [3.05, 3.63) is 76.8 Å². The van der Waals surface area contributed by atoms with E-state index in [4.69, 9.17) is 4.74 Å². The van der Waals surface area contributed by atoms with E-state index in [1.807, 2.05) is 24.3 Å². The van der Waals surface area contributed by atoms with E-state index in [1.54, 1.807) is 13.2 Å². The Kier molecular flexibility index (Phi) is 5.70. The highest BCUT2D eigenvalue weighted by Crippen LogP contribution is 2.32. The molecule has 1 N–H and O–H groups in total. The summed E-state index contributed by atoms with van der Waals surface area (Å²) in [6.07, 6.45) is -3.18. The van der Waals surface area contributed by atoms with Gasteiger partial charge >= 0.3 is 6.18 Å². The first-order chi connectivity index (χ1) is 15.2. The minimum atomic E-state index is -4.46. The predicted molar refractivity (Wildman–Crippen MR) is 116 cm³/mol. The summed E-state index contributed by atoms with van der Waals surface area (Å²) in [7, 11) is 1.58. The van der Waals surface area contributed by atoms with Crippen LogP contribution >= 0.6 is 11.3 Å². The Labute approximate surface area is 183 Å². The SMILES string of the molecule is COc1ccc(-c2cc3ncn(CC(=O)Nc4ccc(C(F)(F)F)cc4)c(=O)c3s2)cc1. The van der Waals surface area contributed by atoms with Gasteiger partial charge in [0.1, 0.15) is 17.0 Å². The van der Waals surface area contributed by atoms with Crippen molar-refractivity contribution in [2.24, 2.45) is 0 Å². The van der Waals surface area contributed by atoms with Crippen LogP contribution < -0.4 is 15.6 Å². The second-order valence-corrected chi connectivity index (χ2v) is 7.91. The van der Waals surface area contributed by atoms with Crippen molar-refractivity contribution in [1.82, 2.24) is 9.55 Å². The number of carbonyl (C=O) groups is 1. The molecule has 164 valence electrons. The van der Waals surface area contributed by atoms with Crippen LogP contribution in [0.2, 0.25) is 0 Å². The van der Waals surface area contributed by atoms with Crippen LogP contribution in [0.4, 0.5) is 18.9 Å². The lowest BCUT2D eigenvalue weighted by atomic mass is 10.2. The molecule has 0 aliphatic heterocycles. The zero-order valence-corrected chi connectivity index (χ0v) is 17.5. The maximum atomic E-state index is 12.8. The van der Waals surface area contributed by atoms with Gasteiger partial charge in [0.25, 0.3) is 5.56 Å². The maximum Gasteiger partial charge on any atom is 0.416 e. The summed E-state index contributed by atoms with van der Waals surface area (Å²) in [5.41, 5.74) is 0.432. The van der Waals surface area contributed by atoms with Gasteiger partial charge in [-0.25, -0.2) is 4.98 Å². The third kappa shape index (κ3) is 4.50. The molecular formula is C22H16F3N3O3S. The molecule has 2 aromatic carbocycles. The number of carbonyl (C=O) groups excluding carboxylic acids is 1. The fourth-order valence-corrected chi connectivity index (χ4v) is 4.12. The van der Waals surface area contributed by atoms with Crippen molar-refractivity contribution >= 4 is 33.1 Å². The summed E-state index contributed by atoms with van der Waals surface area (Å²) >= 11 is 1.26. The summed E-state index contributed by atoms with van der Waals surface area (Å²) in [5, 5.41) is 2.48. The molecule has 0 bridgehead atoms. The van der Waals surface area contributed by atoms with E-state index in [0.717, 1.165) is 45.0 Å². The van der Waals surface area contributed by atoms with Gasteiger partial charge in [-0.3, -0.25) is 14.2 Å². The monoisotopic (exact) mass is 459 g/mol. The van der Waals surface area contributed by atoms with E-state index < -0.39 is 17.6 Å². The fourth-order valence-electron chi connectivity index (χ4n) is 3.05. The molecule has 0 saturated carbocycles. The number of nitrogens with zero attached hydrogens (tertiary/aromatic N) is 2. The van der Waals surface area contributed by atoms with Gasteiger partial charge in [-0.1, -0.05) is 0 Å². The topological polar surface area (TPSA) is 73.2 Å². The number of nitrogens with one attached hydrogen (secondary N) is 1. The van der Waals surface area contributed by atoms with Crippen LogP contribution in [0.15, 0.2) is 65.7 Å². The fraction of sp³-hybridized carbons (Fsp3) is 0.136. The second-order valence-electron chi connectivity index (χ2n) is 6.85. The number of ether oxygens (including phenoxy) is 1. The van der Waals surface area contributed by atoms with Crippen molar-refractivity contribution in [1.29, 1.82) is 0 Å². The van der Waals surface area contributed by atoms with Crippen molar-refractivity contribution in [2.75, 3.05) is 12.4 Å². The zero-order chi connectivity index (χ0) is 22.9. The van der Waals surface area contributed by atoms with Crippen LogP contribution in [0.3, 0.4) is 0 Å². The Balaban J connectivity index is 1.52. The molecule has 32 heavy (non-hydrogen) atoms. The maximum absolute atomic E-state index is 12.8. The third-order valence-corrected chi connectivity index (χ3v) is 5.85. The average Bonchev–Trinajstić information content (AvgIpc) is 3.21. The van der Waals surface area contributed by atoms with Gasteiger partial charge in [-0.05, 0) is 60.2 Å². The number of anilines is 1. The van der Waals surface area contributed by atoms with Crippen LogP contribution in [0.1, 0.15) is 5.56 Å². The van der Waals surface area contributed by atoms with Crippen molar-refractivity contribution in [3.63, 3.8) is 0 Å². The summed E-state index contributed by atoms with van der Waals surface area (Å²) in [6, 6.07) is 13.3. The molecule has 10 heteroatoms. The first-order valence-electron chi connectivity index (χ1n) is 9.35. The number of thiophene rings is 1. The zero-order valence-electron chi connectivity index (χ0n) is 16.6. The number of alkyl halides is 3. The molecule has 4 aromatic rings. The molecule has 2 heterocycles. The van der Waals surface area contributed by atoms with E-state index in [2.05, 4.69) is 10.3 Å². The smallest absolute Gasteiger partial charge is 0.416 e. The van der Waals surface area contributed by atoms with Gasteiger partial charge in [-0.2, -0.15) is 13.2 Å². The first-order valence-corrected chi connectivity index (χ1v) is 10.2. The number of methoxy groups -OCH3 is 1. The minimum absolute atomic E-state index is 0.197. The molecule has 0 aliphatic rings. The lowest BCUT2D eigenvalue weighted by Crippen LogP contribution is -2.27. The van der Waals surface area contributed by atoms with Gasteiger partial charge < -0.3 is 10.1 Å². The van der Waals surface area contributed by atoms with Gasteiger partial charge in [-0.15, -0.1) is 11.3 Å². The standard InChI is InChI=1S/C22H16F3N3O3S/c1-31-16-8-2-13(3-9-16)18-10-17-20(32-18)21(30)28(12-26-17)11-19(29)27-15-6-4-14(5-7-15)22(23,24)25/h2-10,12H,11H2,1H3,(H,27,29). The lowest BCUT2D eigenvalue weighted by molar-refractivity contribution is -0.137. The summed E-state index contributed by atoms with van der Waals surface area (Å²) in [4.78, 5) is 30.2. The molecule has 1 amide bonds. The number of aromatic nitrogens is 2. The van der Waals surface area contributed by atoms with E-state index in [1.165, 1.54) is 17.7 Å². The summed E-state index contributed by atoms with van der Waals surface area (Å²) in [6.45, 7) is -0.321. The molecule has 0 aliphatic carbocycles. The van der Waals surface area contributed by atoms with Gasteiger partial charge in [0.2, 0.25) is 5.91 Å². The summed E-state index contributed by atoms with van der Waals surface area (Å²) < 4.78 is 44.7. The van der Waals surface area contributed by atoms with E-state index in [9.17, 15) is 22.8 Å². The van der Waals surface area contributed by atoms with Crippen molar-refractivity contribution in [2.45, 2.75) is 12.7 Å². The largest absolute Gasteiger partial charge is 0.497 e. The van der Waals surface area contributed by atoms with E-state index in [-0.39, 0.29) is 17.8 Å². The van der Waals surface area contributed by atoms with Gasteiger partial charge in [0.15, 0.2) is 0 Å². The number of hydrogen-bond acceptors (Lipinski definition) is 5. The molecule has 6 nitrogen and oxygen atoms in total. The molecule has 2 aromatic heterocycles. The molecular weight excluding hydrogens is 443 g/mol. The quantitative estimate of drug-likeness (QED) is 0.466. The van der Waals surface area contributed by atoms with Gasteiger partial charge in [0.05, 0.1) is 24.5 Å². The molecule has 4 rings (SSSR count). The number of hydrogen-bond donors (Lipinski definition) is 1. The highest BCUT2D eigenvalue weighted by molar-refractivity contribution is 7.22. The Hall–Kier alpha value is -3.66. The van der Waals surface area contributed by atoms with Crippen LogP contribution in [-0.2, 0) is 17.5 Å². The normalized spacial score (nSPS) is 11.5. The van der Waals surface area contributed by atoms with Crippen LogP contribution in [0, 0.1) is 0 Å². The number of halogens is 3. The molecule has 0 spiro atoms. The number of fused-ring (bicyclic) bond motifs is 1. The first kappa shape index (κ1) is 21.6. The molecule has 0 fully saturated rings. The van der Waals surface area contributed by atoms with Gasteiger partial charge in [0, 0.05) is 10.6 Å². The highest BCUT2D eigenvalue weighted by atomic mass is 32.1. The van der Waals surface area contributed by atoms with Crippen LogP contribution in [-0.4, -0.2) is 22.6 Å². The Morgan fingerprint density at radius 2 is 1.81 bits per heavy atom. The average molecular weight is 459 g/mol. The number of rotatable bonds is 5. The third-order valence-electron chi connectivity index (χ3n) is 4.69. The van der Waals surface area contributed by atoms with E-state index in [0.29, 0.717) is 10.2 Å². The molecule has 0 unspecified atom stereocenters. The Bertz CT molecular complexity index is 1330. The Morgan fingerprint density at radius 1 is 1.12 bits per heavy atom. The van der Waals surface area contributed by atoms with Crippen LogP contribution in [0.25, 0.3) is 20.7 Å². The van der Waals surface area contributed by atoms with E-state index >= 15 is 0 Å². The number of amides is 1. The predicted octanol–water partition coefficient (Wildman–Crippen LogP) is 4.79. The lowest BCUT2D eigenvalue weighted by Gasteiger charge is -2.09. The molecule has 0 saturated heterocycles. The minimum Gasteiger partial charge on any atom is -0.497 e. The van der Waals surface area contributed by atoms with Crippen molar-refractivity contribution < 1.29 is 22.7 Å². The Morgan fingerprint density at radius 3 is 2.44 bits per heavy atom.